The first-order chi connectivity index (χ1) is 11.1. The molecule has 0 aliphatic carbocycles. The summed E-state index contributed by atoms with van der Waals surface area (Å²) in [4.78, 5) is 12.3. The Balaban J connectivity index is 2.00. The molecule has 0 aliphatic rings. The average molecular weight is 334 g/mol. The van der Waals surface area contributed by atoms with Crippen LogP contribution in [-0.2, 0) is 4.74 Å². The van der Waals surface area contributed by atoms with Crippen LogP contribution in [0.25, 0.3) is 0 Å². The van der Waals surface area contributed by atoms with Crippen molar-refractivity contribution < 1.29 is 14.3 Å². The Bertz CT molecular complexity index is 673. The zero-order chi connectivity index (χ0) is 16.7. The number of hydrogen-bond acceptors (Lipinski definition) is 3. The summed E-state index contributed by atoms with van der Waals surface area (Å²) in [5.74, 6) is 0.430. The highest BCUT2D eigenvalue weighted by Crippen LogP contribution is 2.21. The molecule has 23 heavy (non-hydrogen) atoms. The fourth-order valence-corrected chi connectivity index (χ4v) is 2.14. The Kier molecular flexibility index (Phi) is 6.44. The number of halogens is 1. The topological polar surface area (TPSA) is 47.6 Å². The van der Waals surface area contributed by atoms with E-state index in [1.54, 1.807) is 24.3 Å². The van der Waals surface area contributed by atoms with Crippen LogP contribution >= 0.6 is 11.6 Å². The highest BCUT2D eigenvalue weighted by atomic mass is 35.5. The van der Waals surface area contributed by atoms with Gasteiger partial charge in [0.25, 0.3) is 5.91 Å². The van der Waals surface area contributed by atoms with Crippen molar-refractivity contribution in [1.82, 2.24) is 0 Å². The van der Waals surface area contributed by atoms with Gasteiger partial charge in [0.2, 0.25) is 0 Å². The Labute approximate surface area is 141 Å². The second-order valence-corrected chi connectivity index (χ2v) is 5.40. The molecule has 0 saturated carbocycles. The van der Waals surface area contributed by atoms with Gasteiger partial charge in [-0.05, 0) is 49.7 Å². The normalized spacial score (nSPS) is 10.4. The van der Waals surface area contributed by atoms with Crippen LogP contribution in [0.2, 0.25) is 5.02 Å². The van der Waals surface area contributed by atoms with E-state index in [2.05, 4.69) is 5.32 Å². The number of anilines is 1. The van der Waals surface area contributed by atoms with Gasteiger partial charge in [-0.3, -0.25) is 4.79 Å². The first kappa shape index (κ1) is 17.3. The van der Waals surface area contributed by atoms with Gasteiger partial charge in [-0.15, -0.1) is 0 Å². The fraction of sp³-hybridized carbons (Fsp3) is 0.278. The molecule has 0 radical (unpaired) electrons. The van der Waals surface area contributed by atoms with Crippen molar-refractivity contribution in [3.8, 4) is 5.75 Å². The summed E-state index contributed by atoms with van der Waals surface area (Å²) >= 11 is 6.07. The lowest BCUT2D eigenvalue weighted by Gasteiger charge is -2.09. The molecule has 0 unspecified atom stereocenters. The highest BCUT2D eigenvalue weighted by Gasteiger charge is 2.08. The molecule has 122 valence electrons. The summed E-state index contributed by atoms with van der Waals surface area (Å²) in [6, 6.07) is 12.5. The Morgan fingerprint density at radius 2 is 2.00 bits per heavy atom. The molecule has 1 N–H and O–H groups in total. The number of carbonyl (C=O) groups is 1. The molecule has 0 spiro atoms. The molecule has 0 aliphatic heterocycles. The van der Waals surface area contributed by atoms with E-state index in [1.807, 2.05) is 32.0 Å². The molecule has 0 heterocycles. The summed E-state index contributed by atoms with van der Waals surface area (Å²) in [6.45, 7) is 5.48. The predicted octanol–water partition coefficient (Wildman–Crippen LogP) is 4.32. The van der Waals surface area contributed by atoms with Crippen molar-refractivity contribution in [2.75, 3.05) is 25.1 Å². The standard InChI is InChI=1S/C18H20ClNO3/c1-3-22-9-10-23-16-6-4-5-14(11-16)18(21)20-15-8-7-13(2)17(19)12-15/h4-8,11-12H,3,9-10H2,1-2H3,(H,20,21). The third kappa shape index (κ3) is 5.27. The number of hydrogen-bond donors (Lipinski definition) is 1. The molecule has 0 bridgehead atoms. The van der Waals surface area contributed by atoms with Gasteiger partial charge in [-0.2, -0.15) is 0 Å². The number of ether oxygens (including phenoxy) is 2. The predicted molar refractivity (Wildman–Crippen MR) is 92.6 cm³/mol. The number of carbonyl (C=O) groups excluding carboxylic acids is 1. The summed E-state index contributed by atoms with van der Waals surface area (Å²) in [5, 5.41) is 3.45. The van der Waals surface area contributed by atoms with Gasteiger partial charge in [0.1, 0.15) is 12.4 Å². The van der Waals surface area contributed by atoms with Gasteiger partial charge in [0, 0.05) is 22.9 Å². The zero-order valence-electron chi connectivity index (χ0n) is 13.3. The fourth-order valence-electron chi connectivity index (χ4n) is 1.96. The van der Waals surface area contributed by atoms with Crippen LogP contribution in [0.15, 0.2) is 42.5 Å². The van der Waals surface area contributed by atoms with Crippen LogP contribution < -0.4 is 10.1 Å². The molecule has 5 heteroatoms. The average Bonchev–Trinajstić information content (AvgIpc) is 2.55. The van der Waals surface area contributed by atoms with Crippen LogP contribution in [0.3, 0.4) is 0 Å². The molecule has 2 aromatic rings. The van der Waals surface area contributed by atoms with Crippen LogP contribution in [0.5, 0.6) is 5.75 Å². The number of aryl methyl sites for hydroxylation is 1. The van der Waals surface area contributed by atoms with Crippen molar-refractivity contribution in [3.05, 3.63) is 58.6 Å². The number of benzene rings is 2. The van der Waals surface area contributed by atoms with Crippen molar-refractivity contribution in [1.29, 1.82) is 0 Å². The van der Waals surface area contributed by atoms with E-state index < -0.39 is 0 Å². The molecule has 0 aromatic heterocycles. The van der Waals surface area contributed by atoms with Gasteiger partial charge in [-0.25, -0.2) is 0 Å². The summed E-state index contributed by atoms with van der Waals surface area (Å²) < 4.78 is 10.8. The minimum Gasteiger partial charge on any atom is -0.491 e. The minimum absolute atomic E-state index is 0.208. The lowest BCUT2D eigenvalue weighted by Crippen LogP contribution is -2.12. The molecule has 1 amide bonds. The van der Waals surface area contributed by atoms with Crippen LogP contribution in [0.1, 0.15) is 22.8 Å². The Morgan fingerprint density at radius 3 is 2.74 bits per heavy atom. The Morgan fingerprint density at radius 1 is 1.17 bits per heavy atom. The van der Waals surface area contributed by atoms with Gasteiger partial charge in [0.05, 0.1) is 6.61 Å². The van der Waals surface area contributed by atoms with E-state index in [-0.39, 0.29) is 5.91 Å². The third-order valence-electron chi connectivity index (χ3n) is 3.23. The molecular weight excluding hydrogens is 314 g/mol. The second-order valence-electron chi connectivity index (χ2n) is 4.99. The first-order valence-corrected chi connectivity index (χ1v) is 7.86. The van der Waals surface area contributed by atoms with Gasteiger partial charge >= 0.3 is 0 Å². The summed E-state index contributed by atoms with van der Waals surface area (Å²) in [5.41, 5.74) is 2.15. The maximum Gasteiger partial charge on any atom is 0.255 e. The molecule has 0 saturated heterocycles. The van der Waals surface area contributed by atoms with Gasteiger partial charge < -0.3 is 14.8 Å². The maximum absolute atomic E-state index is 12.3. The molecule has 0 fully saturated rings. The third-order valence-corrected chi connectivity index (χ3v) is 3.63. The van der Waals surface area contributed by atoms with E-state index in [9.17, 15) is 4.79 Å². The number of rotatable bonds is 7. The Hall–Kier alpha value is -2.04. The van der Waals surface area contributed by atoms with Crippen LogP contribution in [0.4, 0.5) is 5.69 Å². The zero-order valence-corrected chi connectivity index (χ0v) is 14.0. The van der Waals surface area contributed by atoms with Crippen molar-refractivity contribution in [2.45, 2.75) is 13.8 Å². The molecule has 4 nitrogen and oxygen atoms in total. The number of nitrogens with one attached hydrogen (secondary N) is 1. The number of amides is 1. The summed E-state index contributed by atoms with van der Waals surface area (Å²) in [7, 11) is 0. The quantitative estimate of drug-likeness (QED) is 0.768. The molecular formula is C18H20ClNO3. The molecule has 0 atom stereocenters. The lowest BCUT2D eigenvalue weighted by molar-refractivity contribution is 0.102. The van der Waals surface area contributed by atoms with Gasteiger partial charge in [-0.1, -0.05) is 23.7 Å². The highest BCUT2D eigenvalue weighted by molar-refractivity contribution is 6.31. The largest absolute Gasteiger partial charge is 0.491 e. The van der Waals surface area contributed by atoms with Crippen molar-refractivity contribution in [2.24, 2.45) is 0 Å². The van der Waals surface area contributed by atoms with E-state index >= 15 is 0 Å². The smallest absolute Gasteiger partial charge is 0.255 e. The minimum atomic E-state index is -0.208. The monoisotopic (exact) mass is 333 g/mol. The van der Waals surface area contributed by atoms with Crippen molar-refractivity contribution in [3.63, 3.8) is 0 Å². The summed E-state index contributed by atoms with van der Waals surface area (Å²) in [6.07, 6.45) is 0. The SMILES string of the molecule is CCOCCOc1cccc(C(=O)Nc2ccc(C)c(Cl)c2)c1. The molecule has 2 aromatic carbocycles. The lowest BCUT2D eigenvalue weighted by atomic mass is 10.2. The van der Waals surface area contributed by atoms with E-state index in [4.69, 9.17) is 21.1 Å². The van der Waals surface area contributed by atoms with Crippen LogP contribution in [-0.4, -0.2) is 25.7 Å². The van der Waals surface area contributed by atoms with E-state index in [0.717, 1.165) is 5.56 Å². The van der Waals surface area contributed by atoms with E-state index in [0.29, 0.717) is 41.8 Å². The van der Waals surface area contributed by atoms with E-state index in [1.165, 1.54) is 0 Å². The van der Waals surface area contributed by atoms with Gasteiger partial charge in [0.15, 0.2) is 0 Å². The maximum atomic E-state index is 12.3. The van der Waals surface area contributed by atoms with Crippen molar-refractivity contribution >= 4 is 23.2 Å². The van der Waals surface area contributed by atoms with Crippen LogP contribution in [0, 0.1) is 6.92 Å². The second kappa shape index (κ2) is 8.56. The molecule has 2 rings (SSSR count). The first-order valence-electron chi connectivity index (χ1n) is 7.48.